The van der Waals surface area contributed by atoms with E-state index in [1.807, 2.05) is 18.0 Å². The lowest BCUT2D eigenvalue weighted by molar-refractivity contribution is 0.438. The second-order valence-electron chi connectivity index (χ2n) is 4.58. The van der Waals surface area contributed by atoms with Crippen LogP contribution in [0, 0.1) is 0 Å². The molecule has 0 spiro atoms. The van der Waals surface area contributed by atoms with Crippen LogP contribution in [-0.2, 0) is 0 Å². The molecule has 0 amide bonds. The predicted octanol–water partition coefficient (Wildman–Crippen LogP) is 3.26. The zero-order valence-corrected chi connectivity index (χ0v) is 12.3. The maximum atomic E-state index is 4.42. The van der Waals surface area contributed by atoms with Crippen LogP contribution in [0.5, 0.6) is 0 Å². The number of rotatable bonds is 8. The van der Waals surface area contributed by atoms with Crippen molar-refractivity contribution in [3.05, 3.63) is 18.0 Å². The van der Waals surface area contributed by atoms with Crippen molar-refractivity contribution in [1.82, 2.24) is 15.1 Å². The van der Waals surface area contributed by atoms with Gasteiger partial charge in [0.25, 0.3) is 0 Å². The van der Waals surface area contributed by atoms with Crippen LogP contribution >= 0.6 is 11.8 Å². The third kappa shape index (κ3) is 4.36. The molecule has 1 aromatic rings. The van der Waals surface area contributed by atoms with E-state index in [-0.39, 0.29) is 0 Å². The Kier molecular flexibility index (Phi) is 6.66. The van der Waals surface area contributed by atoms with E-state index in [1.54, 1.807) is 0 Å². The molecule has 1 aromatic heterocycles. The number of hydrogen-bond donors (Lipinski definition) is 1. The van der Waals surface area contributed by atoms with Crippen LogP contribution in [0.4, 0.5) is 0 Å². The maximum absolute atomic E-state index is 4.42. The van der Waals surface area contributed by atoms with Gasteiger partial charge in [-0.05, 0) is 51.3 Å². The summed E-state index contributed by atoms with van der Waals surface area (Å²) in [6.07, 6.45) is 6.41. The van der Waals surface area contributed by atoms with Crippen molar-refractivity contribution in [2.24, 2.45) is 0 Å². The fraction of sp³-hybridized carbons (Fsp3) is 0.769. The Morgan fingerprint density at radius 1 is 1.47 bits per heavy atom. The molecule has 4 heteroatoms. The van der Waals surface area contributed by atoms with Gasteiger partial charge in [-0.15, -0.1) is 0 Å². The number of nitrogens with zero attached hydrogens (tertiary/aromatic N) is 2. The molecule has 0 saturated carbocycles. The third-order valence-electron chi connectivity index (χ3n) is 2.80. The highest BCUT2D eigenvalue weighted by atomic mass is 32.2. The average molecular weight is 255 g/mol. The normalized spacial score (nSPS) is 13.2. The molecule has 0 aliphatic heterocycles. The summed E-state index contributed by atoms with van der Waals surface area (Å²) in [6, 6.07) is 3.01. The van der Waals surface area contributed by atoms with Crippen molar-refractivity contribution in [3.63, 3.8) is 0 Å². The van der Waals surface area contributed by atoms with Gasteiger partial charge in [0.1, 0.15) is 0 Å². The maximum Gasteiger partial charge on any atom is 0.0556 e. The zero-order valence-electron chi connectivity index (χ0n) is 11.4. The second-order valence-corrected chi connectivity index (χ2v) is 5.57. The molecule has 3 nitrogen and oxygen atoms in total. The van der Waals surface area contributed by atoms with Crippen LogP contribution in [-0.4, -0.2) is 28.3 Å². The Labute approximate surface area is 109 Å². The van der Waals surface area contributed by atoms with Crippen molar-refractivity contribution in [2.75, 3.05) is 18.6 Å². The van der Waals surface area contributed by atoms with E-state index < -0.39 is 0 Å². The van der Waals surface area contributed by atoms with Crippen LogP contribution in [0.3, 0.4) is 0 Å². The molecule has 1 unspecified atom stereocenters. The third-order valence-corrected chi connectivity index (χ3v) is 3.44. The minimum atomic E-state index is 0.431. The van der Waals surface area contributed by atoms with Gasteiger partial charge in [-0.3, -0.25) is 4.68 Å². The molecule has 17 heavy (non-hydrogen) atoms. The molecule has 0 fully saturated rings. The van der Waals surface area contributed by atoms with Crippen LogP contribution < -0.4 is 5.32 Å². The fourth-order valence-corrected chi connectivity index (χ4v) is 2.41. The monoisotopic (exact) mass is 255 g/mol. The smallest absolute Gasteiger partial charge is 0.0556 e. The van der Waals surface area contributed by atoms with Crippen LogP contribution in [0.25, 0.3) is 0 Å². The SMILES string of the molecule is CCCNC(CCSC)c1ccnn1C(C)C. The van der Waals surface area contributed by atoms with Gasteiger partial charge >= 0.3 is 0 Å². The fourth-order valence-electron chi connectivity index (χ4n) is 1.94. The molecule has 98 valence electrons. The summed E-state index contributed by atoms with van der Waals surface area (Å²) in [5, 5.41) is 8.05. The largest absolute Gasteiger partial charge is 0.309 e. The highest BCUT2D eigenvalue weighted by molar-refractivity contribution is 7.98. The van der Waals surface area contributed by atoms with Gasteiger partial charge in [0, 0.05) is 18.3 Å². The molecule has 1 atom stereocenters. The van der Waals surface area contributed by atoms with Crippen molar-refractivity contribution in [1.29, 1.82) is 0 Å². The minimum Gasteiger partial charge on any atom is -0.309 e. The molecule has 0 aliphatic carbocycles. The molecule has 1 rings (SSSR count). The lowest BCUT2D eigenvalue weighted by atomic mass is 10.1. The summed E-state index contributed by atoms with van der Waals surface area (Å²) >= 11 is 1.91. The van der Waals surface area contributed by atoms with Gasteiger partial charge < -0.3 is 5.32 Å². The lowest BCUT2D eigenvalue weighted by Gasteiger charge is -2.21. The van der Waals surface area contributed by atoms with Crippen molar-refractivity contribution >= 4 is 11.8 Å². The van der Waals surface area contributed by atoms with Gasteiger partial charge in [-0.25, -0.2) is 0 Å². The first-order valence-corrected chi connectivity index (χ1v) is 7.85. The summed E-state index contributed by atoms with van der Waals surface area (Å²) in [5.74, 6) is 1.19. The van der Waals surface area contributed by atoms with E-state index in [0.717, 1.165) is 6.54 Å². The van der Waals surface area contributed by atoms with Gasteiger partial charge in [-0.2, -0.15) is 16.9 Å². The molecular weight excluding hydrogens is 230 g/mol. The molecule has 0 aromatic carbocycles. The van der Waals surface area contributed by atoms with E-state index in [9.17, 15) is 0 Å². The van der Waals surface area contributed by atoms with E-state index >= 15 is 0 Å². The highest BCUT2D eigenvalue weighted by Gasteiger charge is 2.16. The van der Waals surface area contributed by atoms with Crippen molar-refractivity contribution < 1.29 is 0 Å². The second kappa shape index (κ2) is 7.77. The van der Waals surface area contributed by atoms with E-state index in [2.05, 4.69) is 48.2 Å². The Hall–Kier alpha value is -0.480. The molecule has 0 bridgehead atoms. The summed E-state index contributed by atoms with van der Waals surface area (Å²) in [5.41, 5.74) is 1.32. The van der Waals surface area contributed by atoms with Crippen molar-refractivity contribution in [2.45, 2.75) is 45.7 Å². The van der Waals surface area contributed by atoms with Gasteiger partial charge in [0.15, 0.2) is 0 Å². The van der Waals surface area contributed by atoms with E-state index in [4.69, 9.17) is 0 Å². The lowest BCUT2D eigenvalue weighted by Crippen LogP contribution is -2.26. The summed E-state index contributed by atoms with van der Waals surface area (Å²) in [4.78, 5) is 0. The first-order valence-electron chi connectivity index (χ1n) is 6.46. The van der Waals surface area contributed by atoms with Crippen LogP contribution in [0.2, 0.25) is 0 Å². The summed E-state index contributed by atoms with van der Waals surface area (Å²) < 4.78 is 2.13. The average Bonchev–Trinajstić information content (AvgIpc) is 2.78. The molecule has 0 saturated heterocycles. The standard InChI is InChI=1S/C13H25N3S/c1-5-8-14-12(7-10-17-4)13-6-9-15-16(13)11(2)3/h6,9,11-12,14H,5,7-8,10H2,1-4H3. The highest BCUT2D eigenvalue weighted by Crippen LogP contribution is 2.21. The predicted molar refractivity (Wildman–Crippen MR) is 76.6 cm³/mol. The summed E-state index contributed by atoms with van der Waals surface area (Å²) in [6.45, 7) is 7.64. The molecule has 0 radical (unpaired) electrons. The number of nitrogens with one attached hydrogen (secondary N) is 1. The Morgan fingerprint density at radius 3 is 2.82 bits per heavy atom. The number of thioether (sulfide) groups is 1. The van der Waals surface area contributed by atoms with Gasteiger partial charge in [0.2, 0.25) is 0 Å². The van der Waals surface area contributed by atoms with Crippen molar-refractivity contribution in [3.8, 4) is 0 Å². The Bertz CT molecular complexity index is 301. The van der Waals surface area contributed by atoms with Gasteiger partial charge in [0.05, 0.1) is 5.69 Å². The van der Waals surface area contributed by atoms with Crippen LogP contribution in [0.15, 0.2) is 12.3 Å². The Morgan fingerprint density at radius 2 is 2.24 bits per heavy atom. The first kappa shape index (κ1) is 14.6. The molecular formula is C13H25N3S. The quantitative estimate of drug-likeness (QED) is 0.773. The zero-order chi connectivity index (χ0) is 12.7. The van der Waals surface area contributed by atoms with Gasteiger partial charge in [-0.1, -0.05) is 6.92 Å². The first-order chi connectivity index (χ1) is 8.20. The topological polar surface area (TPSA) is 29.9 Å². The molecule has 1 N–H and O–H groups in total. The summed E-state index contributed by atoms with van der Waals surface area (Å²) in [7, 11) is 0. The van der Waals surface area contributed by atoms with E-state index in [1.165, 1.54) is 24.3 Å². The number of hydrogen-bond acceptors (Lipinski definition) is 3. The van der Waals surface area contributed by atoms with Crippen LogP contribution in [0.1, 0.15) is 51.4 Å². The Balaban J connectivity index is 2.75. The molecule has 0 aliphatic rings. The molecule has 1 heterocycles. The number of aromatic nitrogens is 2. The minimum absolute atomic E-state index is 0.431. The van der Waals surface area contributed by atoms with E-state index in [0.29, 0.717) is 12.1 Å².